The van der Waals surface area contributed by atoms with Gasteiger partial charge < -0.3 is 10.4 Å². The van der Waals surface area contributed by atoms with E-state index in [1.54, 1.807) is 0 Å². The Bertz CT molecular complexity index is 132. The number of aliphatic hydroxyl groups excluding tert-OH is 1. The Morgan fingerprint density at radius 1 is 1.50 bits per heavy atom. The molecule has 2 fully saturated rings. The van der Waals surface area contributed by atoms with E-state index >= 15 is 0 Å². The van der Waals surface area contributed by atoms with E-state index in [4.69, 9.17) is 0 Å². The Kier molecular flexibility index (Phi) is 1.29. The minimum Gasteiger partial charge on any atom is -0.393 e. The third-order valence-corrected chi connectivity index (χ3v) is 3.07. The van der Waals surface area contributed by atoms with Crippen LogP contribution in [0.25, 0.3) is 0 Å². The summed E-state index contributed by atoms with van der Waals surface area (Å²) in [6, 6.07) is 0. The number of nitrogens with one attached hydrogen (secondary N) is 1. The molecule has 1 saturated heterocycles. The molecule has 1 aliphatic carbocycles. The quantitative estimate of drug-likeness (QED) is 0.553. The van der Waals surface area contributed by atoms with Gasteiger partial charge in [-0.3, -0.25) is 0 Å². The van der Waals surface area contributed by atoms with E-state index in [9.17, 15) is 5.11 Å². The highest BCUT2D eigenvalue weighted by atomic mass is 16.3. The van der Waals surface area contributed by atoms with Gasteiger partial charge in [-0.05, 0) is 31.1 Å². The van der Waals surface area contributed by atoms with Crippen molar-refractivity contribution >= 4 is 0 Å². The molecule has 2 heteroatoms. The molecule has 1 saturated carbocycles. The van der Waals surface area contributed by atoms with Crippen LogP contribution in [-0.4, -0.2) is 24.3 Å². The molecule has 0 aromatic carbocycles. The first kappa shape index (κ1) is 6.62. The third kappa shape index (κ3) is 0.789. The molecule has 1 heterocycles. The lowest BCUT2D eigenvalue weighted by Crippen LogP contribution is -2.61. The van der Waals surface area contributed by atoms with Crippen molar-refractivity contribution in [2.45, 2.75) is 25.9 Å². The van der Waals surface area contributed by atoms with Crippen LogP contribution in [0.2, 0.25) is 0 Å². The first-order valence-electron chi connectivity index (χ1n) is 4.11. The second-order valence-electron chi connectivity index (χ2n) is 4.01. The van der Waals surface area contributed by atoms with Crippen LogP contribution >= 0.6 is 0 Å². The zero-order valence-electron chi connectivity index (χ0n) is 6.43. The van der Waals surface area contributed by atoms with Gasteiger partial charge in [0.1, 0.15) is 0 Å². The van der Waals surface area contributed by atoms with Crippen molar-refractivity contribution in [3.63, 3.8) is 0 Å². The van der Waals surface area contributed by atoms with Crippen molar-refractivity contribution in [2.24, 2.45) is 11.3 Å². The zero-order valence-corrected chi connectivity index (χ0v) is 6.43. The molecule has 2 aliphatic rings. The van der Waals surface area contributed by atoms with Crippen molar-refractivity contribution in [1.29, 1.82) is 0 Å². The lowest BCUT2D eigenvalue weighted by atomic mass is 9.57. The van der Waals surface area contributed by atoms with E-state index < -0.39 is 0 Å². The predicted octanol–water partition coefficient (Wildman–Crippen LogP) is 0.367. The van der Waals surface area contributed by atoms with Crippen LogP contribution in [0.1, 0.15) is 19.8 Å². The van der Waals surface area contributed by atoms with Crippen molar-refractivity contribution < 1.29 is 5.11 Å². The van der Waals surface area contributed by atoms with Gasteiger partial charge in [-0.2, -0.15) is 0 Å². The first-order chi connectivity index (χ1) is 4.72. The van der Waals surface area contributed by atoms with Crippen molar-refractivity contribution in [3.05, 3.63) is 0 Å². The number of aliphatic hydroxyl groups is 1. The summed E-state index contributed by atoms with van der Waals surface area (Å²) < 4.78 is 0. The monoisotopic (exact) mass is 141 g/mol. The molecule has 1 aliphatic heterocycles. The average molecular weight is 141 g/mol. The molecule has 10 heavy (non-hydrogen) atoms. The molecule has 0 aromatic rings. The molecule has 1 unspecified atom stereocenters. The zero-order chi connectivity index (χ0) is 7.19. The molecule has 0 bridgehead atoms. The molecule has 1 spiro atoms. The summed E-state index contributed by atoms with van der Waals surface area (Å²) in [6.07, 6.45) is 2.42. The van der Waals surface area contributed by atoms with Gasteiger partial charge in [0.25, 0.3) is 0 Å². The van der Waals surface area contributed by atoms with Crippen LogP contribution in [0.5, 0.6) is 0 Å². The summed E-state index contributed by atoms with van der Waals surface area (Å²) in [5.41, 5.74) is 0.627. The van der Waals surface area contributed by atoms with E-state index in [-0.39, 0.29) is 6.10 Å². The highest BCUT2D eigenvalue weighted by Gasteiger charge is 2.49. The smallest absolute Gasteiger partial charge is 0.0540 e. The highest BCUT2D eigenvalue weighted by molar-refractivity contribution is 5.03. The standard InChI is InChI=1S/C8H15NO/c1-6(10)7-2-8(3-7)4-9-5-8/h6-7,9-10H,2-5H2,1H3. The van der Waals surface area contributed by atoms with Gasteiger partial charge in [0, 0.05) is 13.1 Å². The summed E-state index contributed by atoms with van der Waals surface area (Å²) in [7, 11) is 0. The largest absolute Gasteiger partial charge is 0.393 e. The molecule has 58 valence electrons. The first-order valence-corrected chi connectivity index (χ1v) is 4.11. The fourth-order valence-corrected chi connectivity index (χ4v) is 2.16. The van der Waals surface area contributed by atoms with Gasteiger partial charge in [0.05, 0.1) is 6.10 Å². The average Bonchev–Trinajstić information content (AvgIpc) is 1.54. The van der Waals surface area contributed by atoms with Crippen molar-refractivity contribution in [1.82, 2.24) is 5.32 Å². The van der Waals surface area contributed by atoms with Gasteiger partial charge in [0.2, 0.25) is 0 Å². The summed E-state index contributed by atoms with van der Waals surface area (Å²) in [6.45, 7) is 4.29. The summed E-state index contributed by atoms with van der Waals surface area (Å²) in [5.74, 6) is 0.599. The lowest BCUT2D eigenvalue weighted by molar-refractivity contribution is -0.0562. The van der Waals surface area contributed by atoms with Crippen molar-refractivity contribution in [3.8, 4) is 0 Å². The molecule has 0 radical (unpaired) electrons. The fourth-order valence-electron chi connectivity index (χ4n) is 2.16. The van der Waals surface area contributed by atoms with Crippen molar-refractivity contribution in [2.75, 3.05) is 13.1 Å². The Labute approximate surface area is 61.6 Å². The molecule has 2 rings (SSSR count). The van der Waals surface area contributed by atoms with Crippen LogP contribution in [0, 0.1) is 11.3 Å². The molecule has 1 atom stereocenters. The molecule has 0 aromatic heterocycles. The highest BCUT2D eigenvalue weighted by Crippen LogP contribution is 2.49. The van der Waals surface area contributed by atoms with E-state index in [2.05, 4.69) is 5.32 Å². The molecular weight excluding hydrogens is 126 g/mol. The second-order valence-corrected chi connectivity index (χ2v) is 4.01. The molecule has 2 N–H and O–H groups in total. The number of hydrogen-bond donors (Lipinski definition) is 2. The Morgan fingerprint density at radius 3 is 2.40 bits per heavy atom. The van der Waals surface area contributed by atoms with Crippen LogP contribution in [0.4, 0.5) is 0 Å². The fraction of sp³-hybridized carbons (Fsp3) is 1.00. The topological polar surface area (TPSA) is 32.3 Å². The minimum absolute atomic E-state index is 0.0776. The molecular formula is C8H15NO. The Balaban J connectivity index is 1.82. The SMILES string of the molecule is CC(O)C1CC2(CNC2)C1. The van der Waals surface area contributed by atoms with Crippen LogP contribution in [0.15, 0.2) is 0 Å². The normalized spacial score (nSPS) is 33.0. The van der Waals surface area contributed by atoms with E-state index in [0.717, 1.165) is 0 Å². The van der Waals surface area contributed by atoms with Gasteiger partial charge in [-0.25, -0.2) is 0 Å². The second kappa shape index (κ2) is 1.95. The van der Waals surface area contributed by atoms with Gasteiger partial charge in [0.15, 0.2) is 0 Å². The summed E-state index contributed by atoms with van der Waals surface area (Å²) in [4.78, 5) is 0. The maximum Gasteiger partial charge on any atom is 0.0540 e. The third-order valence-electron chi connectivity index (χ3n) is 3.07. The predicted molar refractivity (Wildman–Crippen MR) is 39.7 cm³/mol. The van der Waals surface area contributed by atoms with Crippen LogP contribution < -0.4 is 5.32 Å². The summed E-state index contributed by atoms with van der Waals surface area (Å²) in [5, 5.41) is 12.5. The number of rotatable bonds is 1. The van der Waals surface area contributed by atoms with E-state index in [0.29, 0.717) is 11.3 Å². The van der Waals surface area contributed by atoms with Gasteiger partial charge >= 0.3 is 0 Å². The summed E-state index contributed by atoms with van der Waals surface area (Å²) >= 11 is 0. The van der Waals surface area contributed by atoms with E-state index in [1.165, 1.54) is 25.9 Å². The van der Waals surface area contributed by atoms with E-state index in [1.807, 2.05) is 6.92 Å². The lowest BCUT2D eigenvalue weighted by Gasteiger charge is -2.55. The van der Waals surface area contributed by atoms with Crippen LogP contribution in [0.3, 0.4) is 0 Å². The maximum absolute atomic E-state index is 9.20. The van der Waals surface area contributed by atoms with Crippen LogP contribution in [-0.2, 0) is 0 Å². The Morgan fingerprint density at radius 2 is 2.10 bits per heavy atom. The minimum atomic E-state index is -0.0776. The molecule has 2 nitrogen and oxygen atoms in total. The van der Waals surface area contributed by atoms with Gasteiger partial charge in [-0.1, -0.05) is 0 Å². The Hall–Kier alpha value is -0.0800. The maximum atomic E-state index is 9.20. The molecule has 0 amide bonds. The van der Waals surface area contributed by atoms with Gasteiger partial charge in [-0.15, -0.1) is 0 Å². The number of hydrogen-bond acceptors (Lipinski definition) is 2.